The van der Waals surface area contributed by atoms with Crippen LogP contribution in [0.25, 0.3) is 0 Å². The third-order valence-electron chi connectivity index (χ3n) is 6.22. The first-order valence-corrected chi connectivity index (χ1v) is 11.4. The molecule has 0 aromatic heterocycles. The summed E-state index contributed by atoms with van der Waals surface area (Å²) in [7, 11) is 1.84. The highest BCUT2D eigenvalue weighted by Crippen LogP contribution is 2.30. The summed E-state index contributed by atoms with van der Waals surface area (Å²) in [5, 5.41) is 6.93. The number of benzene rings is 1. The van der Waals surface area contributed by atoms with Crippen LogP contribution in [0.1, 0.15) is 63.0 Å². The van der Waals surface area contributed by atoms with Crippen molar-refractivity contribution in [3.05, 3.63) is 35.4 Å². The van der Waals surface area contributed by atoms with E-state index >= 15 is 0 Å². The molecule has 1 heterocycles. The van der Waals surface area contributed by atoms with Gasteiger partial charge in [-0.25, -0.2) is 0 Å². The molecule has 1 aliphatic heterocycles. The van der Waals surface area contributed by atoms with Gasteiger partial charge < -0.3 is 20.1 Å². The first-order valence-electron chi connectivity index (χ1n) is 11.4. The Labute approximate surface area is 199 Å². The Hall–Kier alpha value is -0.860. The van der Waals surface area contributed by atoms with E-state index in [1.807, 2.05) is 7.05 Å². The monoisotopic (exact) mass is 529 g/mol. The maximum atomic E-state index is 6.05. The zero-order valence-corrected chi connectivity index (χ0v) is 21.0. The third-order valence-corrected chi connectivity index (χ3v) is 6.22. The van der Waals surface area contributed by atoms with E-state index in [0.717, 1.165) is 56.9 Å². The van der Waals surface area contributed by atoms with Crippen LogP contribution in [0.4, 0.5) is 0 Å². The van der Waals surface area contributed by atoms with Gasteiger partial charge in [0.25, 0.3) is 0 Å². The average molecular weight is 530 g/mol. The molecule has 2 aliphatic rings. The van der Waals surface area contributed by atoms with Crippen LogP contribution < -0.4 is 10.6 Å². The Kier molecular flexibility index (Phi) is 12.1. The van der Waals surface area contributed by atoms with Gasteiger partial charge >= 0.3 is 0 Å². The van der Waals surface area contributed by atoms with Crippen molar-refractivity contribution >= 4 is 29.9 Å². The van der Waals surface area contributed by atoms with Crippen LogP contribution >= 0.6 is 24.0 Å². The number of guanidine groups is 1. The van der Waals surface area contributed by atoms with Crippen LogP contribution in [0.5, 0.6) is 0 Å². The summed E-state index contributed by atoms with van der Waals surface area (Å²) in [6, 6.07) is 8.63. The average Bonchev–Trinajstić information content (AvgIpc) is 2.76. The van der Waals surface area contributed by atoms with Crippen molar-refractivity contribution in [2.45, 2.75) is 71.1 Å². The molecular weight excluding hydrogens is 489 g/mol. The predicted octanol–water partition coefficient (Wildman–Crippen LogP) is 4.88. The van der Waals surface area contributed by atoms with Crippen LogP contribution in [-0.4, -0.2) is 38.9 Å². The molecule has 2 atom stereocenters. The highest BCUT2D eigenvalue weighted by atomic mass is 127. The summed E-state index contributed by atoms with van der Waals surface area (Å²) in [6.45, 7) is 6.47. The molecule has 0 radical (unpaired) electrons. The zero-order chi connectivity index (χ0) is 20.3. The Bertz CT molecular complexity index is 635. The Balaban J connectivity index is 0.00000320. The molecule has 1 aliphatic carbocycles. The first-order chi connectivity index (χ1) is 14.2. The van der Waals surface area contributed by atoms with E-state index in [4.69, 9.17) is 9.47 Å². The number of halogens is 1. The van der Waals surface area contributed by atoms with E-state index in [0.29, 0.717) is 12.7 Å². The largest absolute Gasteiger partial charge is 0.381 e. The van der Waals surface area contributed by atoms with Crippen molar-refractivity contribution in [2.24, 2.45) is 16.8 Å². The maximum Gasteiger partial charge on any atom is 0.191 e. The highest BCUT2D eigenvalue weighted by Gasteiger charge is 2.18. The SMILES string of the molecule is CN=C(NCCC1CCCC(C)C1)NCc1cccc(COC2CCOCC2)c1.I. The van der Waals surface area contributed by atoms with E-state index in [2.05, 4.69) is 46.8 Å². The van der Waals surface area contributed by atoms with Crippen molar-refractivity contribution < 1.29 is 9.47 Å². The third kappa shape index (κ3) is 9.10. The van der Waals surface area contributed by atoms with Gasteiger partial charge in [-0.05, 0) is 48.6 Å². The van der Waals surface area contributed by atoms with Crippen LogP contribution in [0, 0.1) is 11.8 Å². The highest BCUT2D eigenvalue weighted by molar-refractivity contribution is 14.0. The summed E-state index contributed by atoms with van der Waals surface area (Å²) < 4.78 is 11.4. The minimum absolute atomic E-state index is 0. The Morgan fingerprint density at radius 1 is 1.13 bits per heavy atom. The molecule has 2 unspecified atom stereocenters. The summed E-state index contributed by atoms with van der Waals surface area (Å²) in [4.78, 5) is 4.38. The minimum Gasteiger partial charge on any atom is -0.381 e. The predicted molar refractivity (Wildman–Crippen MR) is 134 cm³/mol. The second kappa shape index (κ2) is 14.2. The minimum atomic E-state index is 0. The van der Waals surface area contributed by atoms with Gasteiger partial charge in [0.05, 0.1) is 12.7 Å². The van der Waals surface area contributed by atoms with Gasteiger partial charge in [0.2, 0.25) is 0 Å². The van der Waals surface area contributed by atoms with Gasteiger partial charge in [-0.2, -0.15) is 0 Å². The maximum absolute atomic E-state index is 6.05. The van der Waals surface area contributed by atoms with E-state index < -0.39 is 0 Å². The van der Waals surface area contributed by atoms with E-state index in [-0.39, 0.29) is 24.0 Å². The molecule has 1 saturated carbocycles. The standard InChI is InChI=1S/C24H39N3O2.HI/c1-19-5-3-6-20(15-19)9-12-26-24(25-2)27-17-21-7-4-8-22(16-21)18-29-23-10-13-28-14-11-23;/h4,7-8,16,19-20,23H,3,5-6,9-15,17-18H2,1-2H3,(H2,25,26,27);1H. The van der Waals surface area contributed by atoms with E-state index in [1.165, 1.54) is 43.2 Å². The molecule has 1 aromatic carbocycles. The lowest BCUT2D eigenvalue weighted by atomic mass is 9.81. The van der Waals surface area contributed by atoms with Gasteiger partial charge in [-0.1, -0.05) is 50.5 Å². The van der Waals surface area contributed by atoms with Crippen LogP contribution in [0.15, 0.2) is 29.3 Å². The molecule has 0 bridgehead atoms. The van der Waals surface area contributed by atoms with Crippen molar-refractivity contribution in [3.8, 4) is 0 Å². The zero-order valence-electron chi connectivity index (χ0n) is 18.7. The lowest BCUT2D eigenvalue weighted by molar-refractivity contribution is -0.0390. The topological polar surface area (TPSA) is 54.9 Å². The first kappa shape index (κ1) is 25.4. The summed E-state index contributed by atoms with van der Waals surface area (Å²) in [5.41, 5.74) is 2.48. The fourth-order valence-electron chi connectivity index (χ4n) is 4.51. The van der Waals surface area contributed by atoms with Gasteiger partial charge in [0, 0.05) is 33.4 Å². The fourth-order valence-corrected chi connectivity index (χ4v) is 4.51. The molecule has 30 heavy (non-hydrogen) atoms. The normalized spacial score (nSPS) is 22.9. The Morgan fingerprint density at radius 2 is 1.93 bits per heavy atom. The molecule has 170 valence electrons. The quantitative estimate of drug-likeness (QED) is 0.286. The molecule has 1 aromatic rings. The van der Waals surface area contributed by atoms with E-state index in [1.54, 1.807) is 0 Å². The molecule has 0 amide bonds. The molecule has 5 nitrogen and oxygen atoms in total. The number of nitrogens with one attached hydrogen (secondary N) is 2. The van der Waals surface area contributed by atoms with Crippen molar-refractivity contribution in [1.82, 2.24) is 10.6 Å². The number of hydrogen-bond acceptors (Lipinski definition) is 3. The van der Waals surface area contributed by atoms with Crippen molar-refractivity contribution in [1.29, 1.82) is 0 Å². The molecular formula is C24H40IN3O2. The summed E-state index contributed by atoms with van der Waals surface area (Å²) in [6.07, 6.45) is 9.16. The van der Waals surface area contributed by atoms with Crippen molar-refractivity contribution in [2.75, 3.05) is 26.8 Å². The molecule has 2 fully saturated rings. The van der Waals surface area contributed by atoms with Crippen LogP contribution in [-0.2, 0) is 22.6 Å². The summed E-state index contributed by atoms with van der Waals surface area (Å²) >= 11 is 0. The number of hydrogen-bond donors (Lipinski definition) is 2. The number of ether oxygens (including phenoxy) is 2. The van der Waals surface area contributed by atoms with Crippen LogP contribution in [0.2, 0.25) is 0 Å². The van der Waals surface area contributed by atoms with E-state index in [9.17, 15) is 0 Å². The lowest BCUT2D eigenvalue weighted by Crippen LogP contribution is -2.38. The number of aliphatic imine (C=N–C) groups is 1. The molecule has 6 heteroatoms. The fraction of sp³-hybridized carbons (Fsp3) is 0.708. The van der Waals surface area contributed by atoms with Crippen LogP contribution in [0.3, 0.4) is 0 Å². The molecule has 2 N–H and O–H groups in total. The molecule has 3 rings (SSSR count). The van der Waals surface area contributed by atoms with Gasteiger partial charge in [0.15, 0.2) is 5.96 Å². The molecule has 0 spiro atoms. The smallest absolute Gasteiger partial charge is 0.191 e. The van der Waals surface area contributed by atoms with Gasteiger partial charge in [-0.3, -0.25) is 4.99 Å². The Morgan fingerprint density at radius 3 is 2.70 bits per heavy atom. The molecule has 1 saturated heterocycles. The van der Waals surface area contributed by atoms with Gasteiger partial charge in [0.1, 0.15) is 0 Å². The number of nitrogens with zero attached hydrogens (tertiary/aromatic N) is 1. The lowest BCUT2D eigenvalue weighted by Gasteiger charge is -2.26. The second-order valence-electron chi connectivity index (χ2n) is 8.72. The van der Waals surface area contributed by atoms with Gasteiger partial charge in [-0.15, -0.1) is 24.0 Å². The number of rotatable bonds is 8. The van der Waals surface area contributed by atoms with Crippen molar-refractivity contribution in [3.63, 3.8) is 0 Å². The second-order valence-corrected chi connectivity index (χ2v) is 8.72. The summed E-state index contributed by atoms with van der Waals surface area (Å²) in [5.74, 6) is 2.66.